The minimum atomic E-state index is 0.00547. The molecule has 1 aliphatic rings. The smallest absolute Gasteiger partial charge is 0.226 e. The largest absolute Gasteiger partial charge is 0.356 e. The molecule has 0 spiro atoms. The van der Waals surface area contributed by atoms with Gasteiger partial charge >= 0.3 is 0 Å². The third-order valence-electron chi connectivity index (χ3n) is 3.98. The number of carbonyl (C=O) groups excluding carboxylic acids is 1. The molecule has 5 heteroatoms. The molecule has 0 radical (unpaired) electrons. The van der Waals surface area contributed by atoms with Crippen LogP contribution in [0.25, 0.3) is 11.0 Å². The number of aryl methyl sites for hydroxylation is 1. The Hall–Kier alpha value is -1.88. The summed E-state index contributed by atoms with van der Waals surface area (Å²) in [5.41, 5.74) is 2.59. The quantitative estimate of drug-likeness (QED) is 0.912. The molecular weight excluding hydrogens is 266 g/mol. The van der Waals surface area contributed by atoms with Gasteiger partial charge in [0, 0.05) is 18.5 Å². The molecule has 3 rings (SSSR count). The van der Waals surface area contributed by atoms with Crippen LogP contribution in [0.1, 0.15) is 24.1 Å². The lowest BCUT2D eigenvalue weighted by Crippen LogP contribution is -2.34. The fraction of sp³-hybridized carbons (Fsp3) is 0.500. The van der Waals surface area contributed by atoms with Crippen molar-refractivity contribution in [1.82, 2.24) is 15.4 Å². The fourth-order valence-corrected chi connectivity index (χ4v) is 2.80. The highest BCUT2D eigenvalue weighted by Crippen LogP contribution is 2.20. The minimum Gasteiger partial charge on any atom is -0.356 e. The van der Waals surface area contributed by atoms with Crippen molar-refractivity contribution in [3.05, 3.63) is 29.5 Å². The first-order valence-corrected chi connectivity index (χ1v) is 7.56. The molecule has 21 heavy (non-hydrogen) atoms. The summed E-state index contributed by atoms with van der Waals surface area (Å²) in [4.78, 5) is 14.4. The number of likely N-dealkylation sites (tertiary alicyclic amines) is 1. The summed E-state index contributed by atoms with van der Waals surface area (Å²) in [5, 5.41) is 7.92. The number of hydrogen-bond donors (Lipinski definition) is 1. The van der Waals surface area contributed by atoms with Crippen LogP contribution in [-0.2, 0) is 11.2 Å². The number of hydrogen-bond acceptors (Lipinski definition) is 4. The second-order valence-electron chi connectivity index (χ2n) is 5.70. The Labute approximate surface area is 124 Å². The Morgan fingerprint density at radius 3 is 3.00 bits per heavy atom. The monoisotopic (exact) mass is 287 g/mol. The van der Waals surface area contributed by atoms with Gasteiger partial charge in [-0.3, -0.25) is 4.79 Å². The van der Waals surface area contributed by atoms with Gasteiger partial charge in [-0.2, -0.15) is 0 Å². The topological polar surface area (TPSA) is 58.4 Å². The molecule has 1 amide bonds. The molecule has 5 nitrogen and oxygen atoms in total. The molecule has 0 saturated carbocycles. The molecule has 112 valence electrons. The summed E-state index contributed by atoms with van der Waals surface area (Å²) < 4.78 is 5.25. The van der Waals surface area contributed by atoms with Crippen molar-refractivity contribution in [3.8, 4) is 0 Å². The molecular formula is C16H21N3O2. The average Bonchev–Trinajstić information content (AvgIpc) is 3.09. The molecule has 0 atom stereocenters. The van der Waals surface area contributed by atoms with Crippen LogP contribution in [0.5, 0.6) is 0 Å². The van der Waals surface area contributed by atoms with Crippen LogP contribution >= 0.6 is 0 Å². The van der Waals surface area contributed by atoms with Gasteiger partial charge in [0.25, 0.3) is 0 Å². The van der Waals surface area contributed by atoms with Gasteiger partial charge in [-0.05, 0) is 45.0 Å². The van der Waals surface area contributed by atoms with Gasteiger partial charge in [0.1, 0.15) is 5.69 Å². The van der Waals surface area contributed by atoms with Gasteiger partial charge in [-0.1, -0.05) is 16.8 Å². The fourth-order valence-electron chi connectivity index (χ4n) is 2.80. The zero-order chi connectivity index (χ0) is 14.7. The number of nitrogens with one attached hydrogen (secondary N) is 1. The van der Waals surface area contributed by atoms with Crippen molar-refractivity contribution in [2.45, 2.75) is 26.2 Å². The summed E-state index contributed by atoms with van der Waals surface area (Å²) in [6.07, 6.45) is 2.83. The van der Waals surface area contributed by atoms with E-state index in [0.29, 0.717) is 12.2 Å². The molecule has 1 aromatic heterocycles. The van der Waals surface area contributed by atoms with Crippen molar-refractivity contribution in [2.75, 3.05) is 26.2 Å². The Morgan fingerprint density at radius 2 is 2.19 bits per heavy atom. The average molecular weight is 287 g/mol. The van der Waals surface area contributed by atoms with E-state index in [4.69, 9.17) is 4.52 Å². The third kappa shape index (κ3) is 3.42. The van der Waals surface area contributed by atoms with E-state index in [9.17, 15) is 4.79 Å². The second-order valence-corrected chi connectivity index (χ2v) is 5.70. The highest BCUT2D eigenvalue weighted by molar-refractivity contribution is 5.86. The number of amides is 1. The Kier molecular flexibility index (Phi) is 4.20. The van der Waals surface area contributed by atoms with Crippen molar-refractivity contribution in [1.29, 1.82) is 0 Å². The number of carbonyl (C=O) groups is 1. The number of nitrogens with zero attached hydrogens (tertiary/aromatic N) is 2. The molecule has 1 fully saturated rings. The number of benzene rings is 1. The maximum absolute atomic E-state index is 12.0. The van der Waals surface area contributed by atoms with E-state index in [1.165, 1.54) is 12.8 Å². The maximum Gasteiger partial charge on any atom is 0.226 e. The first-order valence-electron chi connectivity index (χ1n) is 7.56. The predicted molar refractivity (Wildman–Crippen MR) is 81.1 cm³/mol. The Balaban J connectivity index is 1.54. The molecule has 1 aromatic carbocycles. The predicted octanol–water partition coefficient (Wildman–Crippen LogP) is 1.89. The van der Waals surface area contributed by atoms with Crippen molar-refractivity contribution >= 4 is 16.9 Å². The summed E-state index contributed by atoms with van der Waals surface area (Å²) in [5.74, 6) is 0.00547. The number of fused-ring (bicyclic) bond motifs is 1. The van der Waals surface area contributed by atoms with Gasteiger partial charge in [-0.15, -0.1) is 0 Å². The van der Waals surface area contributed by atoms with E-state index in [1.54, 1.807) is 0 Å². The van der Waals surface area contributed by atoms with Crippen molar-refractivity contribution < 1.29 is 9.32 Å². The van der Waals surface area contributed by atoms with Crippen LogP contribution in [0.2, 0.25) is 0 Å². The van der Waals surface area contributed by atoms with Crippen molar-refractivity contribution in [2.24, 2.45) is 0 Å². The van der Waals surface area contributed by atoms with Gasteiger partial charge in [0.05, 0.1) is 6.42 Å². The molecule has 2 aromatic rings. The molecule has 1 N–H and O–H groups in total. The standard InChI is InChI=1S/C16H21N3O2/c1-12-4-5-15-13(10-12)14(18-21-15)11-16(20)17-6-9-19-7-2-3-8-19/h4-5,10H,2-3,6-9,11H2,1H3,(H,17,20). The van der Waals surface area contributed by atoms with Crippen LogP contribution in [0.4, 0.5) is 0 Å². The Morgan fingerprint density at radius 1 is 1.38 bits per heavy atom. The summed E-state index contributed by atoms with van der Waals surface area (Å²) in [6, 6.07) is 5.89. The first kappa shape index (κ1) is 14.1. The zero-order valence-electron chi connectivity index (χ0n) is 12.4. The van der Waals surface area contributed by atoms with Gasteiger partial charge < -0.3 is 14.7 Å². The van der Waals surface area contributed by atoms with Gasteiger partial charge in [0.2, 0.25) is 5.91 Å². The summed E-state index contributed by atoms with van der Waals surface area (Å²) in [6.45, 7) is 5.97. The van der Waals surface area contributed by atoms with Crippen LogP contribution < -0.4 is 5.32 Å². The molecule has 0 unspecified atom stereocenters. The highest BCUT2D eigenvalue weighted by Gasteiger charge is 2.14. The maximum atomic E-state index is 12.0. The highest BCUT2D eigenvalue weighted by atomic mass is 16.5. The number of rotatable bonds is 5. The van der Waals surface area contributed by atoms with Gasteiger partial charge in [0.15, 0.2) is 5.58 Å². The summed E-state index contributed by atoms with van der Waals surface area (Å²) >= 11 is 0. The second kappa shape index (κ2) is 6.26. The molecule has 1 aliphatic heterocycles. The molecule has 1 saturated heterocycles. The normalized spacial score (nSPS) is 15.7. The molecule has 0 aliphatic carbocycles. The lowest BCUT2D eigenvalue weighted by molar-refractivity contribution is -0.120. The number of aromatic nitrogens is 1. The van der Waals surface area contributed by atoms with E-state index in [1.807, 2.05) is 25.1 Å². The SMILES string of the molecule is Cc1ccc2onc(CC(=O)NCCN3CCCC3)c2c1. The van der Waals surface area contributed by atoms with E-state index < -0.39 is 0 Å². The van der Waals surface area contributed by atoms with E-state index in [-0.39, 0.29) is 12.3 Å². The van der Waals surface area contributed by atoms with Crippen LogP contribution in [-0.4, -0.2) is 42.1 Å². The van der Waals surface area contributed by atoms with E-state index in [2.05, 4.69) is 15.4 Å². The molecule has 2 heterocycles. The van der Waals surface area contributed by atoms with Crippen LogP contribution in [0, 0.1) is 6.92 Å². The zero-order valence-corrected chi connectivity index (χ0v) is 12.4. The lowest BCUT2D eigenvalue weighted by Gasteiger charge is -2.14. The Bertz CT molecular complexity index is 629. The van der Waals surface area contributed by atoms with Crippen LogP contribution in [0.3, 0.4) is 0 Å². The lowest BCUT2D eigenvalue weighted by atomic mass is 10.1. The van der Waals surface area contributed by atoms with Crippen LogP contribution in [0.15, 0.2) is 22.7 Å². The van der Waals surface area contributed by atoms with E-state index >= 15 is 0 Å². The minimum absolute atomic E-state index is 0.00547. The van der Waals surface area contributed by atoms with E-state index in [0.717, 1.165) is 36.2 Å². The third-order valence-corrected chi connectivity index (χ3v) is 3.98. The first-order chi connectivity index (χ1) is 10.2. The molecule has 0 bridgehead atoms. The summed E-state index contributed by atoms with van der Waals surface area (Å²) in [7, 11) is 0. The van der Waals surface area contributed by atoms with Crippen molar-refractivity contribution in [3.63, 3.8) is 0 Å². The van der Waals surface area contributed by atoms with Gasteiger partial charge in [-0.25, -0.2) is 0 Å².